The summed E-state index contributed by atoms with van der Waals surface area (Å²) in [6.45, 7) is 0.813. The third kappa shape index (κ3) is 2.51. The Hall–Kier alpha value is -1.60. The highest BCUT2D eigenvalue weighted by Crippen LogP contribution is 2.31. The number of sulfonamides is 1. The number of piperidine rings is 1. The number of benzene rings is 1. The quantitative estimate of drug-likeness (QED) is 0.908. The monoisotopic (exact) mass is 311 g/mol. The molecular weight excluding hydrogens is 294 g/mol. The average Bonchev–Trinajstić information content (AvgIpc) is 2.94. The molecule has 7 heteroatoms. The molecule has 0 aliphatic carbocycles. The molecule has 0 unspecified atom stereocenters. The number of ether oxygens (including phenoxy) is 1. The van der Waals surface area contributed by atoms with E-state index in [2.05, 4.69) is 0 Å². The predicted octanol–water partition coefficient (Wildman–Crippen LogP) is 1.25. The normalized spacial score (nSPS) is 22.6. The van der Waals surface area contributed by atoms with Gasteiger partial charge in [0.15, 0.2) is 0 Å². The second-order valence-electron chi connectivity index (χ2n) is 5.33. The van der Waals surface area contributed by atoms with Gasteiger partial charge in [0.05, 0.1) is 11.5 Å². The fourth-order valence-electron chi connectivity index (χ4n) is 2.90. The van der Waals surface area contributed by atoms with Crippen molar-refractivity contribution in [3.05, 3.63) is 23.8 Å². The molecule has 1 saturated heterocycles. The van der Waals surface area contributed by atoms with Crippen molar-refractivity contribution < 1.29 is 23.1 Å². The number of hydrogen-bond acceptors (Lipinski definition) is 4. The second-order valence-corrected chi connectivity index (χ2v) is 7.22. The maximum Gasteiger partial charge on any atom is 0.322 e. The molecule has 2 aliphatic rings. The van der Waals surface area contributed by atoms with E-state index < -0.39 is 22.0 Å². The average molecular weight is 311 g/mol. The molecule has 21 heavy (non-hydrogen) atoms. The molecule has 0 saturated carbocycles. The molecule has 1 aromatic rings. The number of nitrogens with zero attached hydrogens (tertiary/aromatic N) is 1. The molecule has 6 nitrogen and oxygen atoms in total. The molecule has 0 radical (unpaired) electrons. The first-order chi connectivity index (χ1) is 10.00. The highest BCUT2D eigenvalue weighted by Gasteiger charge is 2.37. The summed E-state index contributed by atoms with van der Waals surface area (Å²) in [7, 11) is -3.78. The topological polar surface area (TPSA) is 83.9 Å². The number of rotatable bonds is 3. The van der Waals surface area contributed by atoms with Crippen molar-refractivity contribution in [2.75, 3.05) is 13.2 Å². The van der Waals surface area contributed by atoms with Gasteiger partial charge in [-0.2, -0.15) is 4.31 Å². The Morgan fingerprint density at radius 1 is 1.33 bits per heavy atom. The SMILES string of the molecule is O=C(O)[C@@H]1CCCCN1S(=O)(=O)c1ccc2c(c1)CCO2. The lowest BCUT2D eigenvalue weighted by Gasteiger charge is -2.31. The van der Waals surface area contributed by atoms with Crippen LogP contribution in [0.2, 0.25) is 0 Å². The van der Waals surface area contributed by atoms with Crippen molar-refractivity contribution in [3.8, 4) is 5.75 Å². The maximum atomic E-state index is 12.7. The Morgan fingerprint density at radius 2 is 2.14 bits per heavy atom. The van der Waals surface area contributed by atoms with Crippen molar-refractivity contribution in [2.45, 2.75) is 36.6 Å². The molecule has 1 N–H and O–H groups in total. The molecule has 114 valence electrons. The molecule has 0 aromatic heterocycles. The number of hydrogen-bond donors (Lipinski definition) is 1. The smallest absolute Gasteiger partial charge is 0.322 e. The van der Waals surface area contributed by atoms with Gasteiger partial charge in [-0.05, 0) is 43.0 Å². The molecule has 1 aromatic carbocycles. The lowest BCUT2D eigenvalue weighted by atomic mass is 10.1. The van der Waals surface area contributed by atoms with Gasteiger partial charge in [-0.1, -0.05) is 0 Å². The van der Waals surface area contributed by atoms with Crippen molar-refractivity contribution in [1.82, 2.24) is 4.31 Å². The Labute approximate surface area is 123 Å². The van der Waals surface area contributed by atoms with Gasteiger partial charge in [0.25, 0.3) is 0 Å². The van der Waals surface area contributed by atoms with Gasteiger partial charge in [-0.25, -0.2) is 8.42 Å². The number of aliphatic carboxylic acids is 1. The largest absolute Gasteiger partial charge is 0.493 e. The molecule has 0 amide bonds. The van der Waals surface area contributed by atoms with Crippen LogP contribution in [0.25, 0.3) is 0 Å². The highest BCUT2D eigenvalue weighted by atomic mass is 32.2. The summed E-state index contributed by atoms with van der Waals surface area (Å²) < 4.78 is 31.9. The van der Waals surface area contributed by atoms with Crippen LogP contribution in [-0.2, 0) is 21.2 Å². The molecule has 0 bridgehead atoms. The summed E-state index contributed by atoms with van der Waals surface area (Å²) in [5.41, 5.74) is 0.861. The third-order valence-corrected chi connectivity index (χ3v) is 5.91. The van der Waals surface area contributed by atoms with Crippen molar-refractivity contribution in [1.29, 1.82) is 0 Å². The van der Waals surface area contributed by atoms with Crippen LogP contribution >= 0.6 is 0 Å². The van der Waals surface area contributed by atoms with Crippen molar-refractivity contribution in [2.24, 2.45) is 0 Å². The summed E-state index contributed by atoms with van der Waals surface area (Å²) in [5, 5.41) is 9.25. The van der Waals surface area contributed by atoms with Crippen LogP contribution in [0.3, 0.4) is 0 Å². The number of carboxylic acid groups (broad SMARTS) is 1. The molecule has 1 atom stereocenters. The van der Waals surface area contributed by atoms with Gasteiger partial charge in [-0.3, -0.25) is 4.79 Å². The minimum atomic E-state index is -3.78. The minimum Gasteiger partial charge on any atom is -0.493 e. The highest BCUT2D eigenvalue weighted by molar-refractivity contribution is 7.89. The first-order valence-corrected chi connectivity index (χ1v) is 8.44. The summed E-state index contributed by atoms with van der Waals surface area (Å²) in [5.74, 6) is -0.370. The molecule has 2 heterocycles. The molecule has 3 rings (SSSR count). The molecular formula is C14H17NO5S. The Balaban J connectivity index is 1.97. The van der Waals surface area contributed by atoms with E-state index in [1.807, 2.05) is 0 Å². The van der Waals surface area contributed by atoms with E-state index in [1.165, 1.54) is 6.07 Å². The zero-order valence-corrected chi connectivity index (χ0v) is 12.3. The number of fused-ring (bicyclic) bond motifs is 1. The fourth-order valence-corrected chi connectivity index (χ4v) is 4.60. The lowest BCUT2D eigenvalue weighted by Crippen LogP contribution is -2.47. The third-order valence-electron chi connectivity index (χ3n) is 4.01. The van der Waals surface area contributed by atoms with E-state index in [9.17, 15) is 18.3 Å². The zero-order valence-electron chi connectivity index (χ0n) is 11.5. The van der Waals surface area contributed by atoms with E-state index in [4.69, 9.17) is 4.74 Å². The van der Waals surface area contributed by atoms with Crippen LogP contribution in [0.5, 0.6) is 5.75 Å². The zero-order chi connectivity index (χ0) is 15.0. The van der Waals surface area contributed by atoms with Crippen LogP contribution < -0.4 is 4.74 Å². The number of carbonyl (C=O) groups is 1. The Morgan fingerprint density at radius 3 is 2.90 bits per heavy atom. The van der Waals surface area contributed by atoms with E-state index in [0.29, 0.717) is 31.6 Å². The van der Waals surface area contributed by atoms with E-state index in [0.717, 1.165) is 16.3 Å². The second kappa shape index (κ2) is 5.31. The van der Waals surface area contributed by atoms with E-state index in [1.54, 1.807) is 12.1 Å². The molecule has 0 spiro atoms. The van der Waals surface area contributed by atoms with Crippen LogP contribution in [0.15, 0.2) is 23.1 Å². The summed E-state index contributed by atoms with van der Waals surface area (Å²) in [6.07, 6.45) is 2.47. The first kappa shape index (κ1) is 14.3. The Kier molecular flexibility index (Phi) is 3.62. The summed E-state index contributed by atoms with van der Waals surface area (Å²) >= 11 is 0. The predicted molar refractivity (Wildman–Crippen MR) is 74.8 cm³/mol. The Bertz CT molecular complexity index is 670. The lowest BCUT2D eigenvalue weighted by molar-refractivity contribution is -0.142. The standard InChI is InChI=1S/C14H17NO5S/c16-14(17)12-3-1-2-7-15(12)21(18,19)11-4-5-13-10(9-11)6-8-20-13/h4-5,9,12H,1-3,6-8H2,(H,16,17)/t12-/m0/s1. The van der Waals surface area contributed by atoms with Crippen LogP contribution in [0, 0.1) is 0 Å². The maximum absolute atomic E-state index is 12.7. The van der Waals surface area contributed by atoms with Crippen LogP contribution in [-0.4, -0.2) is 43.0 Å². The van der Waals surface area contributed by atoms with Crippen LogP contribution in [0.4, 0.5) is 0 Å². The van der Waals surface area contributed by atoms with Crippen molar-refractivity contribution in [3.63, 3.8) is 0 Å². The van der Waals surface area contributed by atoms with Gasteiger partial charge in [0.2, 0.25) is 10.0 Å². The first-order valence-electron chi connectivity index (χ1n) is 7.00. The molecule has 1 fully saturated rings. The van der Waals surface area contributed by atoms with Crippen LogP contribution in [0.1, 0.15) is 24.8 Å². The van der Waals surface area contributed by atoms with Gasteiger partial charge in [0.1, 0.15) is 11.8 Å². The van der Waals surface area contributed by atoms with Gasteiger partial charge < -0.3 is 9.84 Å². The minimum absolute atomic E-state index is 0.153. The number of carboxylic acids is 1. The fraction of sp³-hybridized carbons (Fsp3) is 0.500. The summed E-state index contributed by atoms with van der Waals surface area (Å²) in [6, 6.07) is 3.78. The van der Waals surface area contributed by atoms with Gasteiger partial charge in [0, 0.05) is 13.0 Å². The summed E-state index contributed by atoms with van der Waals surface area (Å²) in [4.78, 5) is 11.5. The van der Waals surface area contributed by atoms with Crippen molar-refractivity contribution >= 4 is 16.0 Å². The van der Waals surface area contributed by atoms with Gasteiger partial charge >= 0.3 is 5.97 Å². The molecule has 2 aliphatic heterocycles. The van der Waals surface area contributed by atoms with Gasteiger partial charge in [-0.15, -0.1) is 0 Å². The van der Waals surface area contributed by atoms with E-state index >= 15 is 0 Å². The van der Waals surface area contributed by atoms with E-state index in [-0.39, 0.29) is 11.4 Å².